The number of ketones is 1. The third-order valence-electron chi connectivity index (χ3n) is 4.12. The predicted octanol–water partition coefficient (Wildman–Crippen LogP) is 5.67. The first-order valence-corrected chi connectivity index (χ1v) is 9.20. The van der Waals surface area contributed by atoms with Gasteiger partial charge in [-0.15, -0.1) is 0 Å². The maximum Gasteiger partial charge on any atom is 0.193 e. The van der Waals surface area contributed by atoms with Crippen molar-refractivity contribution in [3.8, 4) is 0 Å². The summed E-state index contributed by atoms with van der Waals surface area (Å²) in [5.41, 5.74) is 3.75. The molecule has 3 rings (SSSR count). The van der Waals surface area contributed by atoms with Crippen LogP contribution in [0.2, 0.25) is 0 Å². The van der Waals surface area contributed by atoms with Crippen molar-refractivity contribution >= 4 is 23.2 Å². The van der Waals surface area contributed by atoms with Gasteiger partial charge in [-0.05, 0) is 72.6 Å². The van der Waals surface area contributed by atoms with E-state index in [0.29, 0.717) is 11.1 Å². The Morgan fingerprint density at radius 2 is 1.28 bits per heavy atom. The number of carbonyl (C=O) groups is 1. The normalized spacial score (nSPS) is 10.5. The average Bonchev–Trinajstić information content (AvgIpc) is 2.69. The lowest BCUT2D eigenvalue weighted by atomic mass is 10.0. The van der Waals surface area contributed by atoms with Crippen LogP contribution in [0.1, 0.15) is 28.4 Å². The number of aryl methyl sites for hydroxylation is 1. The maximum absolute atomic E-state index is 12.6. The Morgan fingerprint density at radius 3 is 1.76 bits per heavy atom. The highest BCUT2D eigenvalue weighted by Gasteiger charge is 2.09. The molecule has 0 bridgehead atoms. The average molecular weight is 347 g/mol. The summed E-state index contributed by atoms with van der Waals surface area (Å²) in [5, 5.41) is 3.06. The van der Waals surface area contributed by atoms with Crippen LogP contribution >= 0.6 is 11.8 Å². The number of carbonyl (C=O) groups excluding carboxylic acids is 1. The van der Waals surface area contributed by atoms with E-state index in [-0.39, 0.29) is 5.78 Å². The zero-order valence-corrected chi connectivity index (χ0v) is 15.3. The number of hydrogen-bond donors (Lipinski definition) is 1. The highest BCUT2D eigenvalue weighted by Crippen LogP contribution is 2.28. The molecule has 0 unspecified atom stereocenters. The third-order valence-corrected chi connectivity index (χ3v) is 5.14. The van der Waals surface area contributed by atoms with E-state index < -0.39 is 0 Å². The molecule has 25 heavy (non-hydrogen) atoms. The van der Waals surface area contributed by atoms with E-state index in [1.165, 1.54) is 10.5 Å². The molecule has 0 fully saturated rings. The lowest BCUT2D eigenvalue weighted by molar-refractivity contribution is 0.103. The fraction of sp³-hybridized carbons (Fsp3) is 0.136. The van der Waals surface area contributed by atoms with Crippen molar-refractivity contribution in [1.29, 1.82) is 0 Å². The second-order valence-electron chi connectivity index (χ2n) is 5.78. The lowest BCUT2D eigenvalue weighted by Gasteiger charge is -2.06. The SMILES string of the molecule is CCc1ccc(Sc2ccc(C(=O)c3ccc(NC)cc3)cc2)cc1. The Balaban J connectivity index is 1.71. The minimum atomic E-state index is 0.0477. The van der Waals surface area contributed by atoms with Gasteiger partial charge in [0.2, 0.25) is 0 Å². The number of anilines is 1. The molecule has 3 heteroatoms. The van der Waals surface area contributed by atoms with Crippen LogP contribution in [0.5, 0.6) is 0 Å². The molecule has 3 aromatic rings. The van der Waals surface area contributed by atoms with Gasteiger partial charge in [0.15, 0.2) is 5.78 Å². The standard InChI is InChI=1S/C22H21NOS/c1-3-16-4-12-20(13-5-16)25-21-14-8-18(9-15-21)22(24)17-6-10-19(23-2)11-7-17/h4-15,23H,3H2,1-2H3. The summed E-state index contributed by atoms with van der Waals surface area (Å²) in [4.78, 5) is 14.9. The highest BCUT2D eigenvalue weighted by atomic mass is 32.2. The first-order valence-electron chi connectivity index (χ1n) is 8.39. The van der Waals surface area contributed by atoms with Gasteiger partial charge in [0.05, 0.1) is 0 Å². The molecule has 0 aromatic heterocycles. The monoisotopic (exact) mass is 347 g/mol. The molecule has 0 heterocycles. The van der Waals surface area contributed by atoms with Crippen molar-refractivity contribution in [2.45, 2.75) is 23.1 Å². The van der Waals surface area contributed by atoms with Crippen LogP contribution in [0.4, 0.5) is 5.69 Å². The summed E-state index contributed by atoms with van der Waals surface area (Å²) in [6, 6.07) is 24.0. The van der Waals surface area contributed by atoms with Crippen LogP contribution in [-0.4, -0.2) is 12.8 Å². The summed E-state index contributed by atoms with van der Waals surface area (Å²) in [6.07, 6.45) is 1.05. The van der Waals surface area contributed by atoms with Gasteiger partial charge in [-0.2, -0.15) is 0 Å². The Kier molecular flexibility index (Phi) is 5.56. The highest BCUT2D eigenvalue weighted by molar-refractivity contribution is 7.99. The van der Waals surface area contributed by atoms with Gasteiger partial charge in [0.1, 0.15) is 0 Å². The molecule has 126 valence electrons. The number of benzene rings is 3. The maximum atomic E-state index is 12.6. The summed E-state index contributed by atoms with van der Waals surface area (Å²) in [7, 11) is 1.86. The van der Waals surface area contributed by atoms with Crippen LogP contribution in [0, 0.1) is 0 Å². The second kappa shape index (κ2) is 8.04. The molecule has 1 N–H and O–H groups in total. The van der Waals surface area contributed by atoms with E-state index >= 15 is 0 Å². The second-order valence-corrected chi connectivity index (χ2v) is 6.93. The molecular weight excluding hydrogens is 326 g/mol. The van der Waals surface area contributed by atoms with Crippen LogP contribution in [0.3, 0.4) is 0 Å². The Bertz CT molecular complexity index is 837. The predicted molar refractivity (Wildman–Crippen MR) is 106 cm³/mol. The van der Waals surface area contributed by atoms with Crippen molar-refractivity contribution < 1.29 is 4.79 Å². The molecule has 0 atom stereocenters. The summed E-state index contributed by atoms with van der Waals surface area (Å²) in [6.45, 7) is 2.16. The minimum absolute atomic E-state index is 0.0477. The zero-order chi connectivity index (χ0) is 17.6. The van der Waals surface area contributed by atoms with E-state index in [1.807, 2.05) is 55.6 Å². The summed E-state index contributed by atoms with van der Waals surface area (Å²) in [5.74, 6) is 0.0477. The van der Waals surface area contributed by atoms with Crippen LogP contribution in [0.25, 0.3) is 0 Å². The minimum Gasteiger partial charge on any atom is -0.388 e. The smallest absolute Gasteiger partial charge is 0.193 e. The fourth-order valence-electron chi connectivity index (χ4n) is 2.56. The van der Waals surface area contributed by atoms with E-state index in [4.69, 9.17) is 0 Å². The van der Waals surface area contributed by atoms with Crippen LogP contribution in [-0.2, 0) is 6.42 Å². The fourth-order valence-corrected chi connectivity index (χ4v) is 3.38. The van der Waals surface area contributed by atoms with Gasteiger partial charge in [0.25, 0.3) is 0 Å². The van der Waals surface area contributed by atoms with Gasteiger partial charge in [-0.25, -0.2) is 0 Å². The number of hydrogen-bond acceptors (Lipinski definition) is 3. The Labute approximate surface area is 153 Å². The van der Waals surface area contributed by atoms with Crippen LogP contribution < -0.4 is 5.32 Å². The van der Waals surface area contributed by atoms with Crippen molar-refractivity contribution in [2.24, 2.45) is 0 Å². The lowest BCUT2D eigenvalue weighted by Crippen LogP contribution is -2.01. The summed E-state index contributed by atoms with van der Waals surface area (Å²) >= 11 is 1.71. The quantitative estimate of drug-likeness (QED) is 0.582. The molecule has 0 aliphatic carbocycles. The Hall–Kier alpha value is -2.52. The van der Waals surface area contributed by atoms with E-state index in [2.05, 4.69) is 36.5 Å². The van der Waals surface area contributed by atoms with Gasteiger partial charge in [0, 0.05) is 33.7 Å². The van der Waals surface area contributed by atoms with Gasteiger partial charge in [-0.1, -0.05) is 30.8 Å². The molecule has 0 aliphatic heterocycles. The van der Waals surface area contributed by atoms with E-state index in [1.54, 1.807) is 11.8 Å². The first-order chi connectivity index (χ1) is 12.2. The number of nitrogens with one attached hydrogen (secondary N) is 1. The zero-order valence-electron chi connectivity index (χ0n) is 14.5. The van der Waals surface area contributed by atoms with Crippen molar-refractivity contribution in [2.75, 3.05) is 12.4 Å². The van der Waals surface area contributed by atoms with Crippen LogP contribution in [0.15, 0.2) is 82.6 Å². The first kappa shape index (κ1) is 17.3. The topological polar surface area (TPSA) is 29.1 Å². The molecule has 0 radical (unpaired) electrons. The molecule has 0 amide bonds. The van der Waals surface area contributed by atoms with Crippen molar-refractivity contribution in [3.05, 3.63) is 89.5 Å². The molecule has 2 nitrogen and oxygen atoms in total. The molecule has 0 aliphatic rings. The van der Waals surface area contributed by atoms with Gasteiger partial charge in [-0.3, -0.25) is 4.79 Å². The molecule has 0 saturated heterocycles. The van der Waals surface area contributed by atoms with Gasteiger partial charge >= 0.3 is 0 Å². The van der Waals surface area contributed by atoms with E-state index in [0.717, 1.165) is 17.0 Å². The van der Waals surface area contributed by atoms with Crippen molar-refractivity contribution in [1.82, 2.24) is 0 Å². The van der Waals surface area contributed by atoms with Crippen molar-refractivity contribution in [3.63, 3.8) is 0 Å². The number of rotatable bonds is 6. The largest absolute Gasteiger partial charge is 0.388 e. The van der Waals surface area contributed by atoms with Gasteiger partial charge < -0.3 is 5.32 Å². The third kappa shape index (κ3) is 4.31. The molecule has 3 aromatic carbocycles. The molecule has 0 spiro atoms. The Morgan fingerprint density at radius 1 is 0.800 bits per heavy atom. The molecular formula is C22H21NOS. The van der Waals surface area contributed by atoms with E-state index in [9.17, 15) is 4.79 Å². The summed E-state index contributed by atoms with van der Waals surface area (Å²) < 4.78 is 0. The molecule has 0 saturated carbocycles.